The minimum Gasteiger partial charge on any atom is -0.388 e. The maximum atomic E-state index is 4.08. The van der Waals surface area contributed by atoms with Crippen molar-refractivity contribution in [2.75, 3.05) is 12.4 Å². The highest BCUT2D eigenvalue weighted by molar-refractivity contribution is 7.13. The second-order valence-corrected chi connectivity index (χ2v) is 6.86. The molecule has 0 fully saturated rings. The van der Waals surface area contributed by atoms with Crippen molar-refractivity contribution >= 4 is 33.9 Å². The summed E-state index contributed by atoms with van der Waals surface area (Å²) in [6, 6.07) is 23.6. The molecular weight excluding hydrogens is 322 g/mol. The molecule has 1 aromatic heterocycles. The topological polar surface area (TPSA) is 12.0 Å². The molecule has 0 amide bonds. The summed E-state index contributed by atoms with van der Waals surface area (Å²) in [7, 11) is 1.97. The number of hydrogen-bond acceptors (Lipinski definition) is 2. The first-order valence-corrected chi connectivity index (χ1v) is 9.20. The third-order valence-electron chi connectivity index (χ3n) is 4.53. The number of nitrogens with one attached hydrogen (secondary N) is 1. The fourth-order valence-electron chi connectivity index (χ4n) is 3.42. The van der Waals surface area contributed by atoms with Gasteiger partial charge in [0.15, 0.2) is 0 Å². The van der Waals surface area contributed by atoms with Crippen LogP contribution in [0.15, 0.2) is 78.7 Å². The Bertz CT molecular complexity index is 1050. The normalized spacial score (nSPS) is 10.8. The number of rotatable bonds is 4. The van der Waals surface area contributed by atoms with Gasteiger partial charge in [0.05, 0.1) is 0 Å². The Morgan fingerprint density at radius 3 is 2.48 bits per heavy atom. The molecule has 2 heteroatoms. The summed E-state index contributed by atoms with van der Waals surface area (Å²) < 4.78 is 0. The zero-order chi connectivity index (χ0) is 17.2. The van der Waals surface area contributed by atoms with Crippen LogP contribution in [0.2, 0.25) is 0 Å². The van der Waals surface area contributed by atoms with Crippen molar-refractivity contribution in [3.8, 4) is 21.6 Å². The first kappa shape index (κ1) is 15.7. The van der Waals surface area contributed by atoms with Crippen LogP contribution in [0, 0.1) is 0 Å². The van der Waals surface area contributed by atoms with E-state index in [4.69, 9.17) is 0 Å². The molecule has 1 N–H and O–H groups in total. The summed E-state index contributed by atoms with van der Waals surface area (Å²) in [5.41, 5.74) is 6.00. The van der Waals surface area contributed by atoms with Crippen molar-refractivity contribution in [1.29, 1.82) is 0 Å². The lowest BCUT2D eigenvalue weighted by Crippen LogP contribution is -1.96. The Balaban J connectivity index is 2.19. The molecule has 0 radical (unpaired) electrons. The van der Waals surface area contributed by atoms with Crippen LogP contribution in [0.1, 0.15) is 5.56 Å². The van der Waals surface area contributed by atoms with Gasteiger partial charge in [-0.1, -0.05) is 61.2 Å². The Kier molecular flexibility index (Phi) is 4.12. The number of benzene rings is 3. The molecule has 0 aliphatic heterocycles. The summed E-state index contributed by atoms with van der Waals surface area (Å²) in [5, 5.41) is 7.99. The standard InChI is InChI=1S/C23H19NS/c1-3-16-15-17-9-4-5-10-18(17)23(21-13-8-14-25-21)22(16)19-11-6-7-12-20(19)24-2/h3-15,24H,1H2,2H3. The molecule has 1 nitrogen and oxygen atoms in total. The van der Waals surface area contributed by atoms with Gasteiger partial charge in [-0.3, -0.25) is 0 Å². The third-order valence-corrected chi connectivity index (χ3v) is 5.42. The van der Waals surface area contributed by atoms with Gasteiger partial charge in [0.2, 0.25) is 0 Å². The van der Waals surface area contributed by atoms with Gasteiger partial charge in [0.25, 0.3) is 0 Å². The van der Waals surface area contributed by atoms with E-state index < -0.39 is 0 Å². The lowest BCUT2D eigenvalue weighted by molar-refractivity contribution is 1.50. The Morgan fingerprint density at radius 2 is 1.72 bits per heavy atom. The zero-order valence-corrected chi connectivity index (χ0v) is 14.9. The number of fused-ring (bicyclic) bond motifs is 1. The Labute approximate surface area is 152 Å². The van der Waals surface area contributed by atoms with Gasteiger partial charge in [-0.05, 0) is 39.9 Å². The van der Waals surface area contributed by atoms with Gasteiger partial charge in [0.1, 0.15) is 0 Å². The maximum Gasteiger partial charge on any atom is 0.0417 e. The first-order valence-electron chi connectivity index (χ1n) is 8.32. The molecule has 0 unspecified atom stereocenters. The largest absolute Gasteiger partial charge is 0.388 e. The summed E-state index contributed by atoms with van der Waals surface area (Å²) in [6.45, 7) is 4.08. The van der Waals surface area contributed by atoms with E-state index in [1.807, 2.05) is 13.1 Å². The average molecular weight is 341 g/mol. The van der Waals surface area contributed by atoms with E-state index in [2.05, 4.69) is 84.0 Å². The Morgan fingerprint density at radius 1 is 0.920 bits per heavy atom. The maximum absolute atomic E-state index is 4.08. The zero-order valence-electron chi connectivity index (χ0n) is 14.1. The van der Waals surface area contributed by atoms with E-state index in [0.29, 0.717) is 0 Å². The molecule has 122 valence electrons. The van der Waals surface area contributed by atoms with Crippen LogP contribution in [-0.2, 0) is 0 Å². The minimum atomic E-state index is 1.12. The summed E-state index contributed by atoms with van der Waals surface area (Å²) in [6.07, 6.45) is 1.96. The second-order valence-electron chi connectivity index (χ2n) is 5.91. The van der Waals surface area contributed by atoms with E-state index in [-0.39, 0.29) is 0 Å². The summed E-state index contributed by atoms with van der Waals surface area (Å²) >= 11 is 1.78. The lowest BCUT2D eigenvalue weighted by Gasteiger charge is -2.18. The molecule has 0 spiro atoms. The average Bonchev–Trinajstić information content (AvgIpc) is 3.20. The highest BCUT2D eigenvalue weighted by Crippen LogP contribution is 2.44. The third kappa shape index (κ3) is 2.65. The summed E-state index contributed by atoms with van der Waals surface area (Å²) in [5.74, 6) is 0. The predicted octanol–water partition coefficient (Wildman–Crippen LogP) is 6.92. The van der Waals surface area contributed by atoms with E-state index in [9.17, 15) is 0 Å². The van der Waals surface area contributed by atoms with Gasteiger partial charge in [-0.25, -0.2) is 0 Å². The van der Waals surface area contributed by atoms with Crippen molar-refractivity contribution in [1.82, 2.24) is 0 Å². The van der Waals surface area contributed by atoms with E-state index in [1.54, 1.807) is 11.3 Å². The highest BCUT2D eigenvalue weighted by Gasteiger charge is 2.18. The fourth-order valence-corrected chi connectivity index (χ4v) is 4.21. The van der Waals surface area contributed by atoms with Crippen LogP contribution < -0.4 is 5.32 Å². The highest BCUT2D eigenvalue weighted by atomic mass is 32.1. The number of para-hydroxylation sites is 1. The molecule has 0 bridgehead atoms. The van der Waals surface area contributed by atoms with Crippen LogP contribution >= 0.6 is 11.3 Å². The molecule has 1 heterocycles. The van der Waals surface area contributed by atoms with Crippen LogP contribution in [0.3, 0.4) is 0 Å². The smallest absolute Gasteiger partial charge is 0.0417 e. The first-order chi connectivity index (χ1) is 12.3. The molecule has 0 atom stereocenters. The van der Waals surface area contributed by atoms with Crippen molar-refractivity contribution in [2.24, 2.45) is 0 Å². The predicted molar refractivity (Wildman–Crippen MR) is 112 cm³/mol. The van der Waals surface area contributed by atoms with E-state index in [0.717, 1.165) is 11.3 Å². The quantitative estimate of drug-likeness (QED) is 0.425. The van der Waals surface area contributed by atoms with Gasteiger partial charge < -0.3 is 5.32 Å². The van der Waals surface area contributed by atoms with Gasteiger partial charge in [-0.2, -0.15) is 0 Å². The number of hydrogen-bond donors (Lipinski definition) is 1. The molecule has 4 aromatic rings. The van der Waals surface area contributed by atoms with Crippen molar-refractivity contribution in [3.63, 3.8) is 0 Å². The molecule has 0 saturated heterocycles. The van der Waals surface area contributed by atoms with E-state index in [1.165, 1.54) is 32.3 Å². The van der Waals surface area contributed by atoms with Crippen LogP contribution in [-0.4, -0.2) is 7.05 Å². The lowest BCUT2D eigenvalue weighted by atomic mass is 9.88. The molecule has 0 aliphatic rings. The van der Waals surface area contributed by atoms with Gasteiger partial charge in [0, 0.05) is 34.3 Å². The molecule has 0 saturated carbocycles. The minimum absolute atomic E-state index is 1.12. The van der Waals surface area contributed by atoms with Crippen molar-refractivity contribution in [2.45, 2.75) is 0 Å². The fraction of sp³-hybridized carbons (Fsp3) is 0.0435. The van der Waals surface area contributed by atoms with Gasteiger partial charge >= 0.3 is 0 Å². The van der Waals surface area contributed by atoms with Crippen molar-refractivity contribution < 1.29 is 0 Å². The summed E-state index contributed by atoms with van der Waals surface area (Å²) in [4.78, 5) is 1.28. The monoisotopic (exact) mass is 341 g/mol. The van der Waals surface area contributed by atoms with E-state index >= 15 is 0 Å². The van der Waals surface area contributed by atoms with Crippen molar-refractivity contribution in [3.05, 3.63) is 84.3 Å². The van der Waals surface area contributed by atoms with Crippen LogP contribution in [0.4, 0.5) is 5.69 Å². The molecule has 3 aromatic carbocycles. The number of anilines is 1. The Hall–Kier alpha value is -2.84. The second kappa shape index (κ2) is 6.58. The molecule has 25 heavy (non-hydrogen) atoms. The molecular formula is C23H19NS. The SMILES string of the molecule is C=Cc1cc2ccccc2c(-c2cccs2)c1-c1ccccc1NC. The molecule has 4 rings (SSSR count). The van der Waals surface area contributed by atoms with Gasteiger partial charge in [-0.15, -0.1) is 11.3 Å². The van der Waals surface area contributed by atoms with Crippen LogP contribution in [0.25, 0.3) is 38.4 Å². The molecule has 0 aliphatic carbocycles. The number of thiophene rings is 1. The van der Waals surface area contributed by atoms with Crippen LogP contribution in [0.5, 0.6) is 0 Å².